The van der Waals surface area contributed by atoms with Crippen LogP contribution in [-0.2, 0) is 33.5 Å². The standard InChI is InChI=1S/C19H24F6N2O8S2/c1-3-12-36(28,29)34-26-16(18(20,21)22)14-6-8-15(9-7-14)32-10-5-11-33-17(19(23,24)25)27-35-37(30,31)13-4-2/h6-9H,3-5,10-13H2,1-2H3/b26-16+,27-17+. The lowest BCUT2D eigenvalue weighted by Gasteiger charge is -2.13. The molecule has 212 valence electrons. The molecule has 0 atom stereocenters. The molecule has 0 fully saturated rings. The smallest absolute Gasteiger partial charge is 0.471 e. The molecule has 0 spiro atoms. The monoisotopic (exact) mass is 586 g/mol. The SMILES string of the molecule is CCCS(=O)(=O)O/N=C(/OCCCOc1ccc(/C(=N\OS(=O)(=O)CCC)C(F)(F)F)cc1)C(F)(F)F. The van der Waals surface area contributed by atoms with E-state index < -0.39 is 67.9 Å². The highest BCUT2D eigenvalue weighted by Gasteiger charge is 2.40. The van der Waals surface area contributed by atoms with E-state index in [0.29, 0.717) is 0 Å². The number of hydrogen-bond acceptors (Lipinski definition) is 10. The second kappa shape index (κ2) is 13.7. The van der Waals surface area contributed by atoms with Gasteiger partial charge in [0.2, 0.25) is 0 Å². The molecule has 0 amide bonds. The molecular weight excluding hydrogens is 562 g/mol. The topological polar surface area (TPSA) is 130 Å². The van der Waals surface area contributed by atoms with Crippen molar-refractivity contribution in [1.82, 2.24) is 0 Å². The van der Waals surface area contributed by atoms with Gasteiger partial charge in [0.25, 0.3) is 0 Å². The largest absolute Gasteiger partial charge is 0.493 e. The van der Waals surface area contributed by atoms with Crippen LogP contribution in [0.25, 0.3) is 0 Å². The molecule has 1 aromatic carbocycles. The van der Waals surface area contributed by atoms with Gasteiger partial charge in [0.1, 0.15) is 5.75 Å². The lowest BCUT2D eigenvalue weighted by atomic mass is 10.1. The fraction of sp³-hybridized carbons (Fsp3) is 0.579. The van der Waals surface area contributed by atoms with Crippen LogP contribution in [0.1, 0.15) is 38.7 Å². The molecule has 0 saturated carbocycles. The van der Waals surface area contributed by atoms with Crippen LogP contribution in [0.5, 0.6) is 5.75 Å². The predicted octanol–water partition coefficient (Wildman–Crippen LogP) is 4.13. The van der Waals surface area contributed by atoms with Crippen LogP contribution in [0.15, 0.2) is 34.6 Å². The third-order valence-electron chi connectivity index (χ3n) is 3.82. The Morgan fingerprint density at radius 1 is 0.784 bits per heavy atom. The second-order valence-corrected chi connectivity index (χ2v) is 10.4. The van der Waals surface area contributed by atoms with Crippen molar-refractivity contribution in [2.45, 2.75) is 45.5 Å². The molecule has 0 aliphatic carbocycles. The molecule has 10 nitrogen and oxygen atoms in total. The first-order chi connectivity index (χ1) is 17.0. The zero-order chi connectivity index (χ0) is 28.3. The summed E-state index contributed by atoms with van der Waals surface area (Å²) in [5, 5.41) is 5.26. The van der Waals surface area contributed by atoms with Crippen molar-refractivity contribution in [3.05, 3.63) is 29.8 Å². The van der Waals surface area contributed by atoms with E-state index in [1.807, 2.05) is 0 Å². The molecule has 0 N–H and O–H groups in total. The van der Waals surface area contributed by atoms with E-state index in [1.165, 1.54) is 13.8 Å². The molecule has 0 aliphatic rings. The zero-order valence-corrected chi connectivity index (χ0v) is 21.1. The molecular formula is C19H24F6N2O8S2. The van der Waals surface area contributed by atoms with Gasteiger partial charge in [0.15, 0.2) is 5.71 Å². The molecule has 0 unspecified atom stereocenters. The average Bonchev–Trinajstić information content (AvgIpc) is 2.74. The van der Waals surface area contributed by atoms with Crippen LogP contribution in [-0.4, -0.2) is 65.5 Å². The highest BCUT2D eigenvalue weighted by Crippen LogP contribution is 2.25. The average molecular weight is 587 g/mol. The van der Waals surface area contributed by atoms with Gasteiger partial charge in [0.05, 0.1) is 24.7 Å². The van der Waals surface area contributed by atoms with Crippen molar-refractivity contribution < 1.29 is 61.2 Å². The van der Waals surface area contributed by atoms with Crippen LogP contribution < -0.4 is 4.74 Å². The Balaban J connectivity index is 2.74. The van der Waals surface area contributed by atoms with E-state index in [-0.39, 0.29) is 31.6 Å². The lowest BCUT2D eigenvalue weighted by Crippen LogP contribution is -2.27. The molecule has 0 saturated heterocycles. The number of rotatable bonds is 14. The molecule has 18 heteroatoms. The van der Waals surface area contributed by atoms with Crippen LogP contribution >= 0.6 is 0 Å². The van der Waals surface area contributed by atoms with E-state index >= 15 is 0 Å². The van der Waals surface area contributed by atoms with E-state index in [2.05, 4.69) is 23.6 Å². The molecule has 1 aromatic rings. The first-order valence-electron chi connectivity index (χ1n) is 10.5. The second-order valence-electron chi connectivity index (χ2n) is 7.08. The Morgan fingerprint density at radius 3 is 1.76 bits per heavy atom. The lowest BCUT2D eigenvalue weighted by molar-refractivity contribution is -0.0810. The highest BCUT2D eigenvalue weighted by atomic mass is 32.2. The maximum absolute atomic E-state index is 13.3. The quantitative estimate of drug-likeness (QED) is 0.105. The number of benzene rings is 1. The fourth-order valence-corrected chi connectivity index (χ4v) is 3.83. The Hall–Kier alpha value is -2.76. The number of nitrogens with zero attached hydrogens (tertiary/aromatic N) is 2. The summed E-state index contributed by atoms with van der Waals surface area (Å²) in [6.45, 7) is 2.11. The van der Waals surface area contributed by atoms with Crippen LogP contribution in [0.4, 0.5) is 26.3 Å². The third kappa shape index (κ3) is 12.4. The number of oxime groups is 2. The normalized spacial score (nSPS) is 13.8. The molecule has 1 rings (SSSR count). The summed E-state index contributed by atoms with van der Waals surface area (Å²) in [6.07, 6.45) is -10.1. The van der Waals surface area contributed by atoms with Gasteiger partial charge in [-0.05, 0) is 42.3 Å². The van der Waals surface area contributed by atoms with Gasteiger partial charge in [0, 0.05) is 12.0 Å². The van der Waals surface area contributed by atoms with Gasteiger partial charge in [-0.1, -0.05) is 19.0 Å². The Bertz CT molecular complexity index is 1130. The van der Waals surface area contributed by atoms with Crippen molar-refractivity contribution in [3.63, 3.8) is 0 Å². The summed E-state index contributed by atoms with van der Waals surface area (Å²) in [5.74, 6) is -2.96. The Kier molecular flexibility index (Phi) is 11.9. The van der Waals surface area contributed by atoms with Crippen molar-refractivity contribution >= 4 is 31.8 Å². The van der Waals surface area contributed by atoms with Crippen molar-refractivity contribution in [3.8, 4) is 5.75 Å². The summed E-state index contributed by atoms with van der Waals surface area (Å²) < 4.78 is 142. The molecule has 37 heavy (non-hydrogen) atoms. The first-order valence-corrected chi connectivity index (χ1v) is 13.6. The minimum Gasteiger partial charge on any atom is -0.493 e. The van der Waals surface area contributed by atoms with Crippen LogP contribution in [0.2, 0.25) is 0 Å². The molecule has 0 aromatic heterocycles. The first kappa shape index (κ1) is 32.3. The summed E-state index contributed by atoms with van der Waals surface area (Å²) in [7, 11) is -8.59. The zero-order valence-electron chi connectivity index (χ0n) is 19.5. The number of ether oxygens (including phenoxy) is 2. The van der Waals surface area contributed by atoms with E-state index in [4.69, 9.17) is 4.74 Å². The molecule has 0 heterocycles. The number of alkyl halides is 6. The molecule has 0 aliphatic heterocycles. The Labute approximate surface area is 209 Å². The predicted molar refractivity (Wildman–Crippen MR) is 119 cm³/mol. The van der Waals surface area contributed by atoms with Crippen molar-refractivity contribution in [2.24, 2.45) is 10.3 Å². The summed E-state index contributed by atoms with van der Waals surface area (Å²) in [6, 6.07) is 4.03. The minimum atomic E-state index is -5.13. The van der Waals surface area contributed by atoms with Crippen LogP contribution in [0.3, 0.4) is 0 Å². The maximum atomic E-state index is 13.3. The van der Waals surface area contributed by atoms with Crippen LogP contribution in [0, 0.1) is 0 Å². The van der Waals surface area contributed by atoms with Crippen molar-refractivity contribution in [1.29, 1.82) is 0 Å². The third-order valence-corrected chi connectivity index (χ3v) is 6.24. The highest BCUT2D eigenvalue weighted by molar-refractivity contribution is 7.86. The molecule has 0 bridgehead atoms. The van der Waals surface area contributed by atoms with Gasteiger partial charge in [-0.25, -0.2) is 0 Å². The summed E-state index contributed by atoms with van der Waals surface area (Å²) in [5.41, 5.74) is -2.13. The summed E-state index contributed by atoms with van der Waals surface area (Å²) in [4.78, 5) is 0. The van der Waals surface area contributed by atoms with Crippen molar-refractivity contribution in [2.75, 3.05) is 24.7 Å². The van der Waals surface area contributed by atoms with E-state index in [9.17, 15) is 43.2 Å². The summed E-state index contributed by atoms with van der Waals surface area (Å²) >= 11 is 0. The fourth-order valence-electron chi connectivity index (χ4n) is 2.31. The van der Waals surface area contributed by atoms with Gasteiger partial charge in [-0.15, -0.1) is 0 Å². The van der Waals surface area contributed by atoms with Gasteiger partial charge in [-0.2, -0.15) is 43.2 Å². The van der Waals surface area contributed by atoms with E-state index in [1.54, 1.807) is 0 Å². The van der Waals surface area contributed by atoms with E-state index in [0.717, 1.165) is 24.3 Å². The van der Waals surface area contributed by atoms with Gasteiger partial charge in [-0.3, -0.25) is 8.57 Å². The molecule has 0 radical (unpaired) electrons. The van der Waals surface area contributed by atoms with Gasteiger partial charge < -0.3 is 9.47 Å². The number of hydrogen-bond donors (Lipinski definition) is 0. The minimum absolute atomic E-state index is 0.0310. The Morgan fingerprint density at radius 2 is 1.30 bits per heavy atom. The maximum Gasteiger partial charge on any atom is 0.471 e. The van der Waals surface area contributed by atoms with Gasteiger partial charge >= 0.3 is 38.5 Å². The number of halogens is 6.